The molecule has 0 heterocycles. The van der Waals surface area contributed by atoms with E-state index in [9.17, 15) is 18.0 Å². The predicted octanol–water partition coefficient (Wildman–Crippen LogP) is 5.09. The van der Waals surface area contributed by atoms with Gasteiger partial charge in [-0.2, -0.15) is 0 Å². The molecular weight excluding hydrogens is 538 g/mol. The average molecular weight is 580 g/mol. The molecule has 9 heteroatoms. The molecular formula is C32H41N3O5S. The highest BCUT2D eigenvalue weighted by molar-refractivity contribution is 7.92. The summed E-state index contributed by atoms with van der Waals surface area (Å²) in [5, 5.41) is 2.95. The number of ether oxygens (including phenoxy) is 1. The minimum atomic E-state index is -4.13. The van der Waals surface area contributed by atoms with E-state index >= 15 is 0 Å². The Morgan fingerprint density at radius 3 is 2.15 bits per heavy atom. The number of methoxy groups -OCH3 is 1. The molecule has 0 aliphatic rings. The summed E-state index contributed by atoms with van der Waals surface area (Å²) in [4.78, 5) is 29.0. The van der Waals surface area contributed by atoms with Gasteiger partial charge in [-0.1, -0.05) is 68.3 Å². The van der Waals surface area contributed by atoms with Crippen molar-refractivity contribution < 1.29 is 22.7 Å². The second-order valence-corrected chi connectivity index (χ2v) is 12.5. The van der Waals surface area contributed by atoms with Crippen molar-refractivity contribution >= 4 is 27.5 Å². The fourth-order valence-electron chi connectivity index (χ4n) is 4.46. The minimum Gasteiger partial charge on any atom is -0.497 e. The van der Waals surface area contributed by atoms with Gasteiger partial charge in [-0.05, 0) is 68.1 Å². The Balaban J connectivity index is 2.05. The molecule has 0 aliphatic heterocycles. The maximum Gasteiger partial charge on any atom is 0.264 e. The molecule has 0 spiro atoms. The molecule has 8 nitrogen and oxygen atoms in total. The van der Waals surface area contributed by atoms with E-state index in [0.717, 1.165) is 21.0 Å². The Labute approximate surface area is 244 Å². The van der Waals surface area contributed by atoms with Gasteiger partial charge >= 0.3 is 0 Å². The zero-order valence-electron chi connectivity index (χ0n) is 24.8. The molecule has 1 atom stereocenters. The summed E-state index contributed by atoms with van der Waals surface area (Å²) >= 11 is 0. The Bertz CT molecular complexity index is 1420. The second kappa shape index (κ2) is 14.2. The topological polar surface area (TPSA) is 96.0 Å². The number of sulfonamides is 1. The van der Waals surface area contributed by atoms with Gasteiger partial charge in [0.2, 0.25) is 11.8 Å². The van der Waals surface area contributed by atoms with E-state index in [4.69, 9.17) is 4.74 Å². The molecule has 41 heavy (non-hydrogen) atoms. The number of carbonyl (C=O) groups excluding carboxylic acids is 2. The smallest absolute Gasteiger partial charge is 0.264 e. The molecule has 2 amide bonds. The van der Waals surface area contributed by atoms with Gasteiger partial charge in [-0.15, -0.1) is 0 Å². The molecule has 3 rings (SSSR count). The van der Waals surface area contributed by atoms with E-state index in [2.05, 4.69) is 5.32 Å². The van der Waals surface area contributed by atoms with Crippen LogP contribution in [0.1, 0.15) is 43.9 Å². The van der Waals surface area contributed by atoms with Crippen LogP contribution in [0.4, 0.5) is 5.69 Å². The number of carbonyl (C=O) groups is 2. The molecule has 0 bridgehead atoms. The lowest BCUT2D eigenvalue weighted by atomic mass is 10.1. The second-order valence-electron chi connectivity index (χ2n) is 10.6. The quantitative estimate of drug-likeness (QED) is 0.305. The first-order chi connectivity index (χ1) is 19.5. The van der Waals surface area contributed by atoms with Crippen LogP contribution in [-0.4, -0.2) is 51.4 Å². The van der Waals surface area contributed by atoms with Gasteiger partial charge in [0.05, 0.1) is 17.7 Å². The summed E-state index contributed by atoms with van der Waals surface area (Å²) < 4.78 is 34.3. The minimum absolute atomic E-state index is 0.0682. The third kappa shape index (κ3) is 8.33. The Kier molecular flexibility index (Phi) is 10.9. The lowest BCUT2D eigenvalue weighted by molar-refractivity contribution is -0.140. The largest absolute Gasteiger partial charge is 0.497 e. The zero-order valence-corrected chi connectivity index (χ0v) is 25.6. The molecule has 1 N–H and O–H groups in total. The number of rotatable bonds is 13. The first kappa shape index (κ1) is 31.7. The van der Waals surface area contributed by atoms with E-state index in [0.29, 0.717) is 24.4 Å². The summed E-state index contributed by atoms with van der Waals surface area (Å²) in [5.74, 6) is 0.0495. The number of anilines is 1. The van der Waals surface area contributed by atoms with Gasteiger partial charge in [0.1, 0.15) is 18.3 Å². The molecule has 3 aromatic carbocycles. The summed E-state index contributed by atoms with van der Waals surface area (Å²) in [6.45, 7) is 9.83. The monoisotopic (exact) mass is 579 g/mol. The Morgan fingerprint density at radius 2 is 1.59 bits per heavy atom. The third-order valence-electron chi connectivity index (χ3n) is 6.75. The maximum absolute atomic E-state index is 14.1. The molecule has 0 fully saturated rings. The van der Waals surface area contributed by atoms with Gasteiger partial charge < -0.3 is 15.0 Å². The van der Waals surface area contributed by atoms with Crippen molar-refractivity contribution in [3.05, 3.63) is 89.5 Å². The van der Waals surface area contributed by atoms with Crippen LogP contribution in [0.15, 0.2) is 77.7 Å². The number of nitrogens with zero attached hydrogens (tertiary/aromatic N) is 2. The highest BCUT2D eigenvalue weighted by Crippen LogP contribution is 2.27. The van der Waals surface area contributed by atoms with Crippen LogP contribution in [0.25, 0.3) is 0 Å². The predicted molar refractivity (Wildman–Crippen MR) is 162 cm³/mol. The van der Waals surface area contributed by atoms with Crippen LogP contribution >= 0.6 is 0 Å². The molecule has 0 saturated heterocycles. The molecule has 0 saturated carbocycles. The highest BCUT2D eigenvalue weighted by Gasteiger charge is 2.33. The zero-order chi connectivity index (χ0) is 30.2. The molecule has 0 aliphatic carbocycles. The number of amides is 2. The van der Waals surface area contributed by atoms with Gasteiger partial charge in [0.15, 0.2) is 0 Å². The lowest BCUT2D eigenvalue weighted by Crippen LogP contribution is -2.52. The molecule has 1 unspecified atom stereocenters. The van der Waals surface area contributed by atoms with Crippen LogP contribution in [0.2, 0.25) is 0 Å². The average Bonchev–Trinajstić information content (AvgIpc) is 2.94. The van der Waals surface area contributed by atoms with Crippen LogP contribution in [-0.2, 0) is 26.2 Å². The van der Waals surface area contributed by atoms with E-state index < -0.39 is 28.5 Å². The number of nitrogens with one attached hydrogen (secondary N) is 1. The third-order valence-corrected chi connectivity index (χ3v) is 8.54. The summed E-state index contributed by atoms with van der Waals surface area (Å²) in [6, 6.07) is 20.0. The van der Waals surface area contributed by atoms with Crippen molar-refractivity contribution in [1.29, 1.82) is 0 Å². The van der Waals surface area contributed by atoms with Crippen LogP contribution in [0.3, 0.4) is 0 Å². The Morgan fingerprint density at radius 1 is 0.927 bits per heavy atom. The van der Waals surface area contributed by atoms with E-state index in [1.54, 1.807) is 36.4 Å². The highest BCUT2D eigenvalue weighted by atomic mass is 32.2. The number of benzene rings is 3. The number of hydrogen-bond acceptors (Lipinski definition) is 5. The molecule has 0 aromatic heterocycles. The van der Waals surface area contributed by atoms with Crippen molar-refractivity contribution in [2.24, 2.45) is 5.92 Å². The molecule has 220 valence electrons. The van der Waals surface area contributed by atoms with Gasteiger partial charge in [0.25, 0.3) is 10.0 Å². The van der Waals surface area contributed by atoms with Crippen molar-refractivity contribution in [3.63, 3.8) is 0 Å². The molecule has 0 radical (unpaired) electrons. The van der Waals surface area contributed by atoms with Gasteiger partial charge in [-0.25, -0.2) is 8.42 Å². The van der Waals surface area contributed by atoms with Crippen LogP contribution in [0.5, 0.6) is 5.75 Å². The van der Waals surface area contributed by atoms with E-state index in [1.807, 2.05) is 58.9 Å². The van der Waals surface area contributed by atoms with E-state index in [1.165, 1.54) is 24.1 Å². The van der Waals surface area contributed by atoms with Gasteiger partial charge in [0, 0.05) is 13.1 Å². The lowest BCUT2D eigenvalue weighted by Gasteiger charge is -2.33. The normalized spacial score (nSPS) is 12.1. The fourth-order valence-corrected chi connectivity index (χ4v) is 5.88. The first-order valence-electron chi connectivity index (χ1n) is 13.8. The summed E-state index contributed by atoms with van der Waals surface area (Å²) in [7, 11) is -2.60. The van der Waals surface area contributed by atoms with E-state index in [-0.39, 0.29) is 23.3 Å². The van der Waals surface area contributed by atoms with Crippen LogP contribution < -0.4 is 14.4 Å². The standard InChI is InChI=1S/C32H41N3O5S/c1-7-30(32(37)33-20-23(2)3)34(21-26-10-8-9-25(5)19-26)31(36)22-35(27-13-15-28(40-6)16-14-27)41(38,39)29-17-11-24(4)12-18-29/h8-19,23,30H,7,20-22H2,1-6H3,(H,33,37). The van der Waals surface area contributed by atoms with Crippen molar-refractivity contribution in [2.75, 3.05) is 24.5 Å². The van der Waals surface area contributed by atoms with Crippen molar-refractivity contribution in [1.82, 2.24) is 10.2 Å². The number of aryl methyl sites for hydroxylation is 2. The maximum atomic E-state index is 14.1. The fraction of sp³-hybridized carbons (Fsp3) is 0.375. The first-order valence-corrected chi connectivity index (χ1v) is 15.3. The number of hydrogen-bond donors (Lipinski definition) is 1. The van der Waals surface area contributed by atoms with Crippen molar-refractivity contribution in [3.8, 4) is 5.75 Å². The van der Waals surface area contributed by atoms with Gasteiger partial charge in [-0.3, -0.25) is 13.9 Å². The van der Waals surface area contributed by atoms with Crippen molar-refractivity contribution in [2.45, 2.75) is 58.5 Å². The van der Waals surface area contributed by atoms with Crippen LogP contribution in [0, 0.1) is 19.8 Å². The molecule has 3 aromatic rings. The summed E-state index contributed by atoms with van der Waals surface area (Å²) in [5.41, 5.74) is 3.10. The Hall–Kier alpha value is -3.85. The summed E-state index contributed by atoms with van der Waals surface area (Å²) in [6.07, 6.45) is 0.370. The SMILES string of the molecule is CCC(C(=O)NCC(C)C)N(Cc1cccc(C)c1)C(=O)CN(c1ccc(OC)cc1)S(=O)(=O)c1ccc(C)cc1.